The minimum atomic E-state index is -0.427. The maximum absolute atomic E-state index is 12.9. The number of fused-ring (bicyclic) bond motifs is 1. The molecule has 0 spiro atoms. The molecule has 1 N–H and O–H groups in total. The van der Waals surface area contributed by atoms with E-state index in [-0.39, 0.29) is 12.1 Å². The van der Waals surface area contributed by atoms with Crippen molar-refractivity contribution in [2.75, 3.05) is 19.0 Å². The van der Waals surface area contributed by atoms with Crippen molar-refractivity contribution in [1.29, 1.82) is 0 Å². The second-order valence-corrected chi connectivity index (χ2v) is 6.63. The lowest BCUT2D eigenvalue weighted by Crippen LogP contribution is -2.34. The zero-order valence-electron chi connectivity index (χ0n) is 15.3. The molecule has 0 aliphatic carbocycles. The third-order valence-corrected chi connectivity index (χ3v) is 5.06. The summed E-state index contributed by atoms with van der Waals surface area (Å²) >= 11 is 0. The first-order chi connectivity index (χ1) is 13.1. The van der Waals surface area contributed by atoms with Gasteiger partial charge in [0.25, 0.3) is 0 Å². The van der Waals surface area contributed by atoms with Gasteiger partial charge in [0.05, 0.1) is 18.7 Å². The first kappa shape index (κ1) is 17.2. The summed E-state index contributed by atoms with van der Waals surface area (Å²) in [6.07, 6.45) is 1.82. The fraction of sp³-hybridized carbons (Fsp3) is 0.300. The van der Waals surface area contributed by atoms with Crippen molar-refractivity contribution < 1.29 is 13.9 Å². The van der Waals surface area contributed by atoms with E-state index in [1.54, 1.807) is 32.4 Å². The molecule has 2 amide bonds. The van der Waals surface area contributed by atoms with E-state index in [2.05, 4.69) is 5.32 Å². The van der Waals surface area contributed by atoms with Gasteiger partial charge in [0.2, 0.25) is 0 Å². The van der Waals surface area contributed by atoms with E-state index in [0.29, 0.717) is 23.3 Å². The SMILES string of the molecule is COc1ccccc1[C@@H]1CCCN1C(=O)Nc1ccc2c(c1)oc(=O)n2C. The lowest BCUT2D eigenvalue weighted by molar-refractivity contribution is 0.206. The zero-order valence-corrected chi connectivity index (χ0v) is 15.3. The van der Waals surface area contributed by atoms with E-state index in [4.69, 9.17) is 9.15 Å². The lowest BCUT2D eigenvalue weighted by atomic mass is 10.0. The van der Waals surface area contributed by atoms with Gasteiger partial charge >= 0.3 is 11.8 Å². The van der Waals surface area contributed by atoms with E-state index < -0.39 is 5.76 Å². The van der Waals surface area contributed by atoms with Crippen LogP contribution in [0.4, 0.5) is 10.5 Å². The van der Waals surface area contributed by atoms with Gasteiger partial charge in [0.1, 0.15) is 5.75 Å². The Morgan fingerprint density at radius 3 is 2.89 bits per heavy atom. The first-order valence-electron chi connectivity index (χ1n) is 8.88. The quantitative estimate of drug-likeness (QED) is 0.769. The van der Waals surface area contributed by atoms with Crippen LogP contribution < -0.4 is 15.8 Å². The molecule has 2 heterocycles. The number of rotatable bonds is 3. The molecule has 140 valence electrons. The van der Waals surface area contributed by atoms with Gasteiger partial charge in [-0.05, 0) is 31.0 Å². The average molecular weight is 367 g/mol. The van der Waals surface area contributed by atoms with Crippen LogP contribution in [-0.4, -0.2) is 29.2 Å². The summed E-state index contributed by atoms with van der Waals surface area (Å²) in [6.45, 7) is 0.678. The molecule has 3 aromatic rings. The maximum atomic E-state index is 12.9. The summed E-state index contributed by atoms with van der Waals surface area (Å²) in [6, 6.07) is 12.8. The highest BCUT2D eigenvalue weighted by Crippen LogP contribution is 2.37. The highest BCUT2D eigenvalue weighted by molar-refractivity contribution is 5.92. The van der Waals surface area contributed by atoms with Gasteiger partial charge in [-0.1, -0.05) is 18.2 Å². The summed E-state index contributed by atoms with van der Waals surface area (Å²) in [4.78, 5) is 26.3. The zero-order chi connectivity index (χ0) is 19.0. The number of likely N-dealkylation sites (tertiary alicyclic amines) is 1. The van der Waals surface area contributed by atoms with Crippen molar-refractivity contribution in [3.8, 4) is 5.75 Å². The molecule has 7 nitrogen and oxygen atoms in total. The predicted octanol–water partition coefficient (Wildman–Crippen LogP) is 3.51. The Hall–Kier alpha value is -3.22. The van der Waals surface area contributed by atoms with Crippen LogP contribution in [0.1, 0.15) is 24.4 Å². The standard InChI is InChI=1S/C20H21N3O4/c1-22-16-10-9-13(12-18(16)27-20(22)25)21-19(24)23-11-5-7-15(23)14-6-3-4-8-17(14)26-2/h3-4,6,8-10,12,15H,5,7,11H2,1-2H3,(H,21,24)/t15-/m0/s1. The number of nitrogens with zero attached hydrogens (tertiary/aromatic N) is 2. The highest BCUT2D eigenvalue weighted by atomic mass is 16.5. The van der Waals surface area contributed by atoms with Gasteiger partial charge in [-0.3, -0.25) is 4.57 Å². The molecule has 4 rings (SSSR count). The van der Waals surface area contributed by atoms with Crippen LogP contribution in [-0.2, 0) is 7.05 Å². The molecule has 0 saturated carbocycles. The van der Waals surface area contributed by atoms with E-state index in [0.717, 1.165) is 24.2 Å². The largest absolute Gasteiger partial charge is 0.496 e. The minimum absolute atomic E-state index is 0.0282. The molecule has 1 atom stereocenters. The number of oxazole rings is 1. The Labute approximate surface area is 156 Å². The molecule has 2 aromatic carbocycles. The Balaban J connectivity index is 1.58. The van der Waals surface area contributed by atoms with Crippen LogP contribution in [0.5, 0.6) is 5.75 Å². The van der Waals surface area contributed by atoms with Crippen molar-refractivity contribution in [2.45, 2.75) is 18.9 Å². The molecule has 0 bridgehead atoms. The van der Waals surface area contributed by atoms with Crippen molar-refractivity contribution in [2.24, 2.45) is 7.05 Å². The fourth-order valence-corrected chi connectivity index (χ4v) is 3.68. The van der Waals surface area contributed by atoms with Crippen molar-refractivity contribution in [1.82, 2.24) is 9.47 Å². The molecule has 1 saturated heterocycles. The number of ether oxygens (including phenoxy) is 1. The number of aryl methyl sites for hydroxylation is 1. The molecule has 1 aliphatic rings. The number of hydrogen-bond donors (Lipinski definition) is 1. The Bertz CT molecular complexity index is 1050. The van der Waals surface area contributed by atoms with E-state index >= 15 is 0 Å². The predicted molar refractivity (Wildman–Crippen MR) is 102 cm³/mol. The summed E-state index contributed by atoms with van der Waals surface area (Å²) in [5, 5.41) is 2.92. The van der Waals surface area contributed by atoms with Crippen LogP contribution in [0.3, 0.4) is 0 Å². The monoisotopic (exact) mass is 367 g/mol. The summed E-state index contributed by atoms with van der Waals surface area (Å²) in [7, 11) is 3.29. The van der Waals surface area contributed by atoms with Gasteiger partial charge < -0.3 is 19.4 Å². The molecule has 27 heavy (non-hydrogen) atoms. The number of carbonyl (C=O) groups is 1. The van der Waals surface area contributed by atoms with E-state index in [1.165, 1.54) is 4.57 Å². The van der Waals surface area contributed by atoms with Crippen molar-refractivity contribution in [3.63, 3.8) is 0 Å². The molecule has 1 aromatic heterocycles. The molecule has 1 aliphatic heterocycles. The number of benzene rings is 2. The third kappa shape index (κ3) is 3.05. The molecular weight excluding hydrogens is 346 g/mol. The molecule has 1 fully saturated rings. The molecule has 7 heteroatoms. The van der Waals surface area contributed by atoms with Gasteiger partial charge in [-0.15, -0.1) is 0 Å². The Morgan fingerprint density at radius 1 is 1.26 bits per heavy atom. The number of urea groups is 1. The van der Waals surface area contributed by atoms with Gasteiger partial charge in [-0.25, -0.2) is 9.59 Å². The smallest absolute Gasteiger partial charge is 0.419 e. The summed E-state index contributed by atoms with van der Waals surface area (Å²) < 4.78 is 12.1. The Kier molecular flexibility index (Phi) is 4.35. The average Bonchev–Trinajstić information content (AvgIpc) is 3.27. The third-order valence-electron chi connectivity index (χ3n) is 5.06. The lowest BCUT2D eigenvalue weighted by Gasteiger charge is -2.26. The number of nitrogens with one attached hydrogen (secondary N) is 1. The number of methoxy groups -OCH3 is 1. The van der Waals surface area contributed by atoms with Crippen LogP contribution >= 0.6 is 0 Å². The van der Waals surface area contributed by atoms with E-state index in [9.17, 15) is 9.59 Å². The van der Waals surface area contributed by atoms with Crippen molar-refractivity contribution >= 4 is 22.8 Å². The summed E-state index contributed by atoms with van der Waals surface area (Å²) in [5.41, 5.74) is 2.73. The first-order valence-corrected chi connectivity index (χ1v) is 8.88. The second-order valence-electron chi connectivity index (χ2n) is 6.63. The van der Waals surface area contributed by atoms with Gasteiger partial charge in [-0.2, -0.15) is 0 Å². The van der Waals surface area contributed by atoms with Crippen LogP contribution in [0.15, 0.2) is 51.7 Å². The molecule has 0 radical (unpaired) electrons. The molecule has 0 unspecified atom stereocenters. The van der Waals surface area contributed by atoms with E-state index in [1.807, 2.05) is 29.2 Å². The van der Waals surface area contributed by atoms with Crippen LogP contribution in [0, 0.1) is 0 Å². The Morgan fingerprint density at radius 2 is 2.07 bits per heavy atom. The van der Waals surface area contributed by atoms with Crippen LogP contribution in [0.2, 0.25) is 0 Å². The second kappa shape index (κ2) is 6.83. The van der Waals surface area contributed by atoms with Crippen LogP contribution in [0.25, 0.3) is 11.1 Å². The number of amides is 2. The fourth-order valence-electron chi connectivity index (χ4n) is 3.68. The summed E-state index contributed by atoms with van der Waals surface area (Å²) in [5.74, 6) is 0.360. The number of anilines is 1. The number of carbonyl (C=O) groups excluding carboxylic acids is 1. The minimum Gasteiger partial charge on any atom is -0.496 e. The molecular formula is C20H21N3O4. The maximum Gasteiger partial charge on any atom is 0.419 e. The van der Waals surface area contributed by atoms with Gasteiger partial charge in [0.15, 0.2) is 5.58 Å². The number of hydrogen-bond acceptors (Lipinski definition) is 4. The normalized spacial score (nSPS) is 16.7. The van der Waals surface area contributed by atoms with Gasteiger partial charge in [0, 0.05) is 30.9 Å². The highest BCUT2D eigenvalue weighted by Gasteiger charge is 2.31. The van der Waals surface area contributed by atoms with Crippen molar-refractivity contribution in [3.05, 3.63) is 58.6 Å². The number of para-hydroxylation sites is 1. The topological polar surface area (TPSA) is 76.7 Å². The number of aromatic nitrogens is 1.